The molecule has 1 amide bonds. The quantitative estimate of drug-likeness (QED) is 0.685. The first-order valence-corrected chi connectivity index (χ1v) is 6.64. The minimum atomic E-state index is -0.546. The molecule has 0 spiro atoms. The van der Waals surface area contributed by atoms with Gasteiger partial charge in [0.05, 0.1) is 5.56 Å². The summed E-state index contributed by atoms with van der Waals surface area (Å²) in [5, 5.41) is 2.61. The van der Waals surface area contributed by atoms with Crippen molar-refractivity contribution in [2.45, 2.75) is 32.9 Å². The highest BCUT2D eigenvalue weighted by Crippen LogP contribution is 2.09. The van der Waals surface area contributed by atoms with Gasteiger partial charge in [-0.3, -0.25) is 0 Å². The first-order chi connectivity index (χ1) is 9.31. The van der Waals surface area contributed by atoms with Crippen molar-refractivity contribution < 1.29 is 19.1 Å². The molecule has 0 unspecified atom stereocenters. The molecule has 1 aromatic carbocycles. The fourth-order valence-electron chi connectivity index (χ4n) is 1.43. The topological polar surface area (TPSA) is 64.6 Å². The van der Waals surface area contributed by atoms with Crippen LogP contribution in [0.25, 0.3) is 0 Å². The molecule has 110 valence electrons. The normalized spacial score (nSPS) is 10.8. The number of alkyl halides is 1. The third-order valence-corrected chi connectivity index (χ3v) is 2.29. The summed E-state index contributed by atoms with van der Waals surface area (Å²) in [6.45, 7) is 5.62. The number of ether oxygens (including phenoxy) is 2. The number of benzene rings is 1. The molecule has 1 N–H and O–H groups in total. The second-order valence-corrected chi connectivity index (χ2v) is 5.31. The first-order valence-electron chi connectivity index (χ1n) is 6.11. The Labute approximate surface area is 123 Å². The maximum atomic E-state index is 11.5. The molecule has 0 heterocycles. The van der Waals surface area contributed by atoms with E-state index in [-0.39, 0.29) is 12.6 Å². The summed E-state index contributed by atoms with van der Waals surface area (Å²) >= 11 is 5.33. The van der Waals surface area contributed by atoms with Gasteiger partial charge in [0.25, 0.3) is 0 Å². The van der Waals surface area contributed by atoms with Crippen LogP contribution in [0.2, 0.25) is 0 Å². The standard InChI is InChI=1S/C14H18ClNO4/c1-14(2,3)20-13(18)16-8-10-5-4-6-11(7-10)12(17)19-9-15/h4-7H,8-9H2,1-3H3,(H,16,18). The second-order valence-electron chi connectivity index (χ2n) is 5.10. The first kappa shape index (κ1) is 16.3. The van der Waals surface area contributed by atoms with E-state index in [1.165, 1.54) is 0 Å². The fraction of sp³-hybridized carbons (Fsp3) is 0.429. The molecule has 1 rings (SSSR count). The zero-order chi connectivity index (χ0) is 15.2. The van der Waals surface area contributed by atoms with Gasteiger partial charge >= 0.3 is 12.1 Å². The van der Waals surface area contributed by atoms with Gasteiger partial charge in [0.15, 0.2) is 6.07 Å². The van der Waals surface area contributed by atoms with Crippen LogP contribution in [0.15, 0.2) is 24.3 Å². The summed E-state index contributed by atoms with van der Waals surface area (Å²) in [5.41, 5.74) is 0.602. The van der Waals surface area contributed by atoms with Crippen molar-refractivity contribution in [3.05, 3.63) is 35.4 Å². The number of halogens is 1. The highest BCUT2D eigenvalue weighted by atomic mass is 35.5. The Bertz CT molecular complexity index is 482. The Morgan fingerprint density at radius 3 is 2.60 bits per heavy atom. The molecule has 0 atom stereocenters. The monoisotopic (exact) mass is 299 g/mol. The van der Waals surface area contributed by atoms with Crippen molar-refractivity contribution in [1.29, 1.82) is 0 Å². The van der Waals surface area contributed by atoms with Crippen LogP contribution >= 0.6 is 11.6 Å². The van der Waals surface area contributed by atoms with E-state index in [4.69, 9.17) is 16.3 Å². The Kier molecular flexibility index (Phi) is 5.82. The van der Waals surface area contributed by atoms with Crippen molar-refractivity contribution in [2.24, 2.45) is 0 Å². The van der Waals surface area contributed by atoms with E-state index in [9.17, 15) is 9.59 Å². The van der Waals surface area contributed by atoms with Gasteiger partial charge in [0, 0.05) is 6.54 Å². The number of carbonyl (C=O) groups is 2. The average molecular weight is 300 g/mol. The van der Waals surface area contributed by atoms with Gasteiger partial charge in [-0.25, -0.2) is 9.59 Å². The molecule has 0 aromatic heterocycles. The van der Waals surface area contributed by atoms with Crippen LogP contribution in [-0.2, 0) is 16.0 Å². The van der Waals surface area contributed by atoms with E-state index in [1.807, 2.05) is 0 Å². The predicted molar refractivity (Wildman–Crippen MR) is 75.7 cm³/mol. The molecule has 6 heteroatoms. The molecule has 0 fully saturated rings. The van der Waals surface area contributed by atoms with Crippen LogP contribution < -0.4 is 5.32 Å². The molecule has 20 heavy (non-hydrogen) atoms. The summed E-state index contributed by atoms with van der Waals surface area (Å²) in [6, 6.07) is 6.54. The summed E-state index contributed by atoms with van der Waals surface area (Å²) in [7, 11) is 0. The van der Waals surface area contributed by atoms with Crippen molar-refractivity contribution in [3.63, 3.8) is 0 Å². The van der Waals surface area contributed by atoms with E-state index in [1.54, 1.807) is 45.0 Å². The highest BCUT2D eigenvalue weighted by molar-refractivity contribution is 6.17. The smallest absolute Gasteiger partial charge is 0.407 e. The van der Waals surface area contributed by atoms with Gasteiger partial charge in [-0.15, -0.1) is 0 Å². The molecule has 0 aliphatic carbocycles. The molecule has 0 aliphatic heterocycles. The van der Waals surface area contributed by atoms with Gasteiger partial charge in [0.1, 0.15) is 5.60 Å². The third-order valence-electron chi connectivity index (χ3n) is 2.18. The van der Waals surface area contributed by atoms with Crippen molar-refractivity contribution in [1.82, 2.24) is 5.32 Å². The summed E-state index contributed by atoms with van der Waals surface area (Å²) < 4.78 is 9.81. The zero-order valence-corrected chi connectivity index (χ0v) is 12.5. The number of amides is 1. The second kappa shape index (κ2) is 7.14. The predicted octanol–water partition coefficient (Wildman–Crippen LogP) is 3.06. The lowest BCUT2D eigenvalue weighted by atomic mass is 10.1. The van der Waals surface area contributed by atoms with Gasteiger partial charge in [-0.1, -0.05) is 23.7 Å². The molecule has 0 saturated carbocycles. The van der Waals surface area contributed by atoms with E-state index >= 15 is 0 Å². The number of carbonyl (C=O) groups excluding carboxylic acids is 2. The molecule has 0 radical (unpaired) electrons. The van der Waals surface area contributed by atoms with Crippen LogP contribution in [-0.4, -0.2) is 23.7 Å². The van der Waals surface area contributed by atoms with Crippen LogP contribution in [0.5, 0.6) is 0 Å². The Hall–Kier alpha value is -1.75. The fourth-order valence-corrected chi connectivity index (χ4v) is 1.53. The Morgan fingerprint density at radius 1 is 1.30 bits per heavy atom. The number of esters is 1. The van der Waals surface area contributed by atoms with Gasteiger partial charge in [-0.05, 0) is 38.5 Å². The van der Waals surface area contributed by atoms with Gasteiger partial charge in [-0.2, -0.15) is 0 Å². The minimum Gasteiger partial charge on any atom is -0.446 e. The summed E-state index contributed by atoms with van der Waals surface area (Å²) in [4.78, 5) is 23.0. The molecule has 0 bridgehead atoms. The van der Waals surface area contributed by atoms with E-state index in [0.717, 1.165) is 5.56 Å². The third kappa shape index (κ3) is 5.93. The van der Waals surface area contributed by atoms with Gasteiger partial charge < -0.3 is 14.8 Å². The Morgan fingerprint density at radius 2 is 2.00 bits per heavy atom. The molecule has 5 nitrogen and oxygen atoms in total. The lowest BCUT2D eigenvalue weighted by molar-refractivity contribution is 0.0522. The maximum Gasteiger partial charge on any atom is 0.407 e. The number of nitrogens with one attached hydrogen (secondary N) is 1. The number of alkyl carbamates (subject to hydrolysis) is 1. The van der Waals surface area contributed by atoms with Crippen LogP contribution in [0.1, 0.15) is 36.7 Å². The van der Waals surface area contributed by atoms with E-state index in [2.05, 4.69) is 10.1 Å². The number of hydrogen-bond acceptors (Lipinski definition) is 4. The van der Waals surface area contributed by atoms with E-state index in [0.29, 0.717) is 5.56 Å². The molecular formula is C14H18ClNO4. The zero-order valence-electron chi connectivity index (χ0n) is 11.7. The summed E-state index contributed by atoms with van der Waals surface area (Å²) in [6.07, 6.45) is -0.508. The minimum absolute atomic E-state index is 0.195. The number of hydrogen-bond donors (Lipinski definition) is 1. The molecular weight excluding hydrogens is 282 g/mol. The highest BCUT2D eigenvalue weighted by Gasteiger charge is 2.15. The maximum absolute atomic E-state index is 11.5. The number of rotatable bonds is 4. The average Bonchev–Trinajstić information content (AvgIpc) is 2.35. The lowest BCUT2D eigenvalue weighted by Gasteiger charge is -2.19. The Balaban J connectivity index is 2.59. The van der Waals surface area contributed by atoms with Crippen molar-refractivity contribution in [2.75, 3.05) is 6.07 Å². The summed E-state index contributed by atoms with van der Waals surface area (Å²) in [5.74, 6) is -0.501. The lowest BCUT2D eigenvalue weighted by Crippen LogP contribution is -2.32. The van der Waals surface area contributed by atoms with Crippen LogP contribution in [0.3, 0.4) is 0 Å². The molecule has 0 aliphatic rings. The van der Waals surface area contributed by atoms with Crippen LogP contribution in [0.4, 0.5) is 4.79 Å². The molecule has 0 saturated heterocycles. The SMILES string of the molecule is CC(C)(C)OC(=O)NCc1cccc(C(=O)OCCl)c1. The largest absolute Gasteiger partial charge is 0.446 e. The van der Waals surface area contributed by atoms with Crippen molar-refractivity contribution >= 4 is 23.7 Å². The van der Waals surface area contributed by atoms with E-state index < -0.39 is 17.7 Å². The van der Waals surface area contributed by atoms with Crippen molar-refractivity contribution in [3.8, 4) is 0 Å². The van der Waals surface area contributed by atoms with Crippen LogP contribution in [0, 0.1) is 0 Å². The van der Waals surface area contributed by atoms with Gasteiger partial charge in [0.2, 0.25) is 0 Å². The molecule has 1 aromatic rings.